The number of nitrogens with zero attached hydrogens (tertiary/aromatic N) is 4. The Labute approximate surface area is 205 Å². The van der Waals surface area contributed by atoms with Crippen LogP contribution in [0.15, 0.2) is 42.5 Å². The first-order chi connectivity index (χ1) is 15.9. The first kappa shape index (κ1) is 21.7. The summed E-state index contributed by atoms with van der Waals surface area (Å²) in [5, 5.41) is 13.9. The lowest BCUT2D eigenvalue weighted by molar-refractivity contribution is 0.268. The fraction of sp³-hybridized carbons (Fsp3) is 0.292. The quantitative estimate of drug-likeness (QED) is 0.265. The van der Waals surface area contributed by atoms with Gasteiger partial charge in [-0.1, -0.05) is 24.3 Å². The van der Waals surface area contributed by atoms with Crippen molar-refractivity contribution in [1.82, 2.24) is 19.5 Å². The predicted octanol–water partition coefficient (Wildman–Crippen LogP) is 4.59. The highest BCUT2D eigenvalue weighted by molar-refractivity contribution is 14.1. The molecule has 0 aliphatic carbocycles. The third kappa shape index (κ3) is 3.94. The van der Waals surface area contributed by atoms with Crippen LogP contribution in [0.4, 0.5) is 5.82 Å². The summed E-state index contributed by atoms with van der Waals surface area (Å²) in [7, 11) is 1.63. The van der Waals surface area contributed by atoms with Crippen LogP contribution >= 0.6 is 22.6 Å². The zero-order valence-electron chi connectivity index (χ0n) is 18.6. The van der Waals surface area contributed by atoms with E-state index in [1.54, 1.807) is 13.2 Å². The van der Waals surface area contributed by atoms with Crippen LogP contribution in [-0.2, 0) is 12.0 Å². The molecule has 170 valence electrons. The minimum absolute atomic E-state index is 0.209. The predicted molar refractivity (Wildman–Crippen MR) is 135 cm³/mol. The van der Waals surface area contributed by atoms with Crippen molar-refractivity contribution in [2.24, 2.45) is 0 Å². The molecule has 0 atom stereocenters. The second-order valence-corrected chi connectivity index (χ2v) is 9.54. The zero-order chi connectivity index (χ0) is 23.2. The molecule has 5 rings (SSSR count). The molecule has 8 nitrogen and oxygen atoms in total. The Morgan fingerprint density at radius 2 is 1.97 bits per heavy atom. The van der Waals surface area contributed by atoms with E-state index in [0.717, 1.165) is 34.5 Å². The fourth-order valence-electron chi connectivity index (χ4n) is 4.13. The maximum atomic E-state index is 10.4. The molecule has 0 amide bonds. The van der Waals surface area contributed by atoms with E-state index >= 15 is 0 Å². The van der Waals surface area contributed by atoms with Crippen molar-refractivity contribution >= 4 is 39.6 Å². The highest BCUT2D eigenvalue weighted by atomic mass is 127. The number of nitrogens with one attached hydrogen (secondary N) is 1. The number of methoxy groups -OCH3 is 1. The molecule has 1 aliphatic heterocycles. The van der Waals surface area contributed by atoms with E-state index in [9.17, 15) is 5.11 Å². The zero-order valence-corrected chi connectivity index (χ0v) is 20.8. The van der Waals surface area contributed by atoms with Crippen LogP contribution in [0.2, 0.25) is 0 Å². The average molecular weight is 557 g/mol. The highest BCUT2D eigenvalue weighted by Gasteiger charge is 2.36. The molecule has 9 heteroatoms. The molecule has 33 heavy (non-hydrogen) atoms. The first-order valence-electron chi connectivity index (χ1n) is 10.7. The normalized spacial score (nSPS) is 14.2. The van der Waals surface area contributed by atoms with Gasteiger partial charge in [-0.05, 0) is 44.0 Å². The topological polar surface area (TPSA) is 94.3 Å². The van der Waals surface area contributed by atoms with Crippen molar-refractivity contribution in [3.63, 3.8) is 0 Å². The molecule has 2 N–H and O–H groups in total. The Bertz CT molecular complexity index is 1350. The largest absolute Gasteiger partial charge is 0.507 e. The molecule has 2 aromatic carbocycles. The van der Waals surface area contributed by atoms with Crippen LogP contribution in [-0.4, -0.2) is 44.9 Å². The van der Waals surface area contributed by atoms with E-state index in [1.165, 1.54) is 0 Å². The number of phenolic OH excluding ortho intramolecular Hbond substituents is 1. The molecule has 1 aliphatic rings. The maximum absolute atomic E-state index is 10.4. The average Bonchev–Trinajstić information content (AvgIpc) is 3.32. The summed E-state index contributed by atoms with van der Waals surface area (Å²) < 4.78 is 13.9. The van der Waals surface area contributed by atoms with Gasteiger partial charge in [0.15, 0.2) is 20.8 Å². The van der Waals surface area contributed by atoms with Crippen molar-refractivity contribution in [1.29, 1.82) is 0 Å². The molecule has 4 aromatic rings. The van der Waals surface area contributed by atoms with Gasteiger partial charge in [0.1, 0.15) is 18.1 Å². The summed E-state index contributed by atoms with van der Waals surface area (Å²) >= 11 is 2.13. The monoisotopic (exact) mass is 557 g/mol. The van der Waals surface area contributed by atoms with Crippen LogP contribution < -0.4 is 14.8 Å². The molecular formula is C24H24IN5O3. The highest BCUT2D eigenvalue weighted by Crippen LogP contribution is 2.37. The molecule has 0 bridgehead atoms. The van der Waals surface area contributed by atoms with Crippen LogP contribution in [0.5, 0.6) is 17.5 Å². The smallest absolute Gasteiger partial charge is 0.299 e. The molecule has 0 saturated heterocycles. The molecule has 0 spiro atoms. The lowest BCUT2D eigenvalue weighted by Gasteiger charge is -2.18. The number of benzene rings is 2. The Kier molecular flexibility index (Phi) is 5.51. The lowest BCUT2D eigenvalue weighted by atomic mass is 10.00. The molecular weight excluding hydrogens is 533 g/mol. The fourth-order valence-corrected chi connectivity index (χ4v) is 4.60. The van der Waals surface area contributed by atoms with Crippen LogP contribution in [0.1, 0.15) is 19.4 Å². The van der Waals surface area contributed by atoms with Gasteiger partial charge in [0.25, 0.3) is 6.01 Å². The summed E-state index contributed by atoms with van der Waals surface area (Å²) in [5.41, 5.74) is 3.96. The Hall–Kier alpha value is -3.08. The molecule has 0 unspecified atom stereocenters. The van der Waals surface area contributed by atoms with E-state index in [0.29, 0.717) is 34.3 Å². The molecule has 2 aromatic heterocycles. The van der Waals surface area contributed by atoms with Gasteiger partial charge >= 0.3 is 0 Å². The van der Waals surface area contributed by atoms with Gasteiger partial charge < -0.3 is 19.9 Å². The van der Waals surface area contributed by atoms with E-state index in [1.807, 2.05) is 41.0 Å². The summed E-state index contributed by atoms with van der Waals surface area (Å²) in [4.78, 5) is 13.8. The molecule has 0 radical (unpaired) electrons. The summed E-state index contributed by atoms with van der Waals surface area (Å²) in [6.45, 7) is 5.43. The number of rotatable bonds is 6. The van der Waals surface area contributed by atoms with Crippen molar-refractivity contribution in [2.75, 3.05) is 25.6 Å². The third-order valence-electron chi connectivity index (χ3n) is 5.77. The van der Waals surface area contributed by atoms with Gasteiger partial charge in [-0.2, -0.15) is 4.98 Å². The number of imidazole rings is 1. The summed E-state index contributed by atoms with van der Waals surface area (Å²) in [6.07, 6.45) is 0.736. The number of aromatic hydroxyl groups is 1. The molecule has 0 saturated carbocycles. The standard InChI is InChI=1S/C24H24IN5O3/c1-24(2)13-33-23-27-19-20(28-22(25)29-21(19)30(23)24)26-11-10-14-8-9-17(31)16(12-14)15-6-4-5-7-18(15)32-3/h4-9,12,31H,10-11,13H2,1-3H3,(H,26,28,29). The second kappa shape index (κ2) is 8.36. The number of ether oxygens (including phenoxy) is 2. The van der Waals surface area contributed by atoms with Crippen LogP contribution in [0.3, 0.4) is 0 Å². The van der Waals surface area contributed by atoms with Crippen molar-refractivity contribution < 1.29 is 14.6 Å². The number of anilines is 1. The number of phenols is 1. The Morgan fingerprint density at radius 3 is 2.79 bits per heavy atom. The number of fused-ring (bicyclic) bond motifs is 3. The third-order valence-corrected chi connectivity index (χ3v) is 6.26. The van der Waals surface area contributed by atoms with Gasteiger partial charge in [0, 0.05) is 40.3 Å². The number of para-hydroxylation sites is 1. The van der Waals surface area contributed by atoms with E-state index in [4.69, 9.17) is 9.47 Å². The van der Waals surface area contributed by atoms with E-state index in [2.05, 4.69) is 56.7 Å². The number of aromatic nitrogens is 4. The number of halogens is 1. The second-order valence-electron chi connectivity index (χ2n) is 8.57. The SMILES string of the molecule is COc1ccccc1-c1cc(CCNc2nc(I)nc3c2nc2n3C(C)(C)CO2)ccc1O. The van der Waals surface area contributed by atoms with Crippen molar-refractivity contribution in [3.05, 3.63) is 51.9 Å². The van der Waals surface area contributed by atoms with Gasteiger partial charge in [-0.3, -0.25) is 4.57 Å². The summed E-state index contributed by atoms with van der Waals surface area (Å²) in [5.74, 6) is 1.63. The Morgan fingerprint density at radius 1 is 1.15 bits per heavy atom. The summed E-state index contributed by atoms with van der Waals surface area (Å²) in [6, 6.07) is 13.9. The minimum Gasteiger partial charge on any atom is -0.507 e. The van der Waals surface area contributed by atoms with Gasteiger partial charge in [0.2, 0.25) is 0 Å². The lowest BCUT2D eigenvalue weighted by Crippen LogP contribution is -2.26. The first-order valence-corrected chi connectivity index (χ1v) is 11.7. The van der Waals surface area contributed by atoms with Gasteiger partial charge in [0.05, 0.1) is 12.6 Å². The van der Waals surface area contributed by atoms with Crippen LogP contribution in [0, 0.1) is 3.83 Å². The van der Waals surface area contributed by atoms with Crippen molar-refractivity contribution in [2.45, 2.75) is 25.8 Å². The maximum Gasteiger partial charge on any atom is 0.299 e. The van der Waals surface area contributed by atoms with Crippen molar-refractivity contribution in [3.8, 4) is 28.6 Å². The number of hydrogen-bond acceptors (Lipinski definition) is 7. The minimum atomic E-state index is -0.209. The molecule has 0 fully saturated rings. The van der Waals surface area contributed by atoms with E-state index < -0.39 is 0 Å². The van der Waals surface area contributed by atoms with Gasteiger partial charge in [-0.25, -0.2) is 9.97 Å². The van der Waals surface area contributed by atoms with Gasteiger partial charge in [-0.15, -0.1) is 0 Å². The van der Waals surface area contributed by atoms with Crippen LogP contribution in [0.25, 0.3) is 22.3 Å². The molecule has 3 heterocycles. The number of hydrogen-bond donors (Lipinski definition) is 2. The van der Waals surface area contributed by atoms with E-state index in [-0.39, 0.29) is 11.3 Å². The Balaban J connectivity index is 1.39.